The number of hydrogen-bond acceptors (Lipinski definition) is 7. The number of nitrogens with zero attached hydrogens (tertiary/aromatic N) is 1. The molecular weight excluding hydrogens is 388 g/mol. The summed E-state index contributed by atoms with van der Waals surface area (Å²) in [7, 11) is 1.53. The lowest BCUT2D eigenvalue weighted by atomic mass is 10.0. The number of nitro benzene ring substituents is 1. The fraction of sp³-hybridized carbons (Fsp3) is 0.364. The zero-order chi connectivity index (χ0) is 21.7. The molecule has 1 aliphatic rings. The van der Waals surface area contributed by atoms with Crippen molar-refractivity contribution in [2.75, 3.05) is 25.6 Å². The molecule has 8 nitrogen and oxygen atoms in total. The minimum Gasteiger partial charge on any atom is -0.451 e. The molecule has 1 atom stereocenters. The highest BCUT2D eigenvalue weighted by Crippen LogP contribution is 2.27. The molecule has 0 bridgehead atoms. The maximum atomic E-state index is 12.7. The van der Waals surface area contributed by atoms with Gasteiger partial charge in [-0.05, 0) is 55.5 Å². The van der Waals surface area contributed by atoms with Crippen LogP contribution in [-0.4, -0.2) is 43.0 Å². The van der Waals surface area contributed by atoms with E-state index in [1.807, 2.05) is 12.1 Å². The number of esters is 1. The van der Waals surface area contributed by atoms with E-state index in [0.29, 0.717) is 18.7 Å². The molecule has 0 spiro atoms. The summed E-state index contributed by atoms with van der Waals surface area (Å²) in [6, 6.07) is 9.57. The number of anilines is 1. The van der Waals surface area contributed by atoms with Gasteiger partial charge in [-0.25, -0.2) is 4.79 Å². The smallest absolute Gasteiger partial charge is 0.339 e. The lowest BCUT2D eigenvalue weighted by Crippen LogP contribution is -2.24. The molecule has 2 aromatic carbocycles. The van der Waals surface area contributed by atoms with Gasteiger partial charge in [-0.1, -0.05) is 12.1 Å². The summed E-state index contributed by atoms with van der Waals surface area (Å²) >= 11 is 0. The Bertz CT molecular complexity index is 972. The third-order valence-corrected chi connectivity index (χ3v) is 5.09. The highest BCUT2D eigenvalue weighted by atomic mass is 16.6. The van der Waals surface area contributed by atoms with Crippen LogP contribution < -0.4 is 5.32 Å². The number of carbonyl (C=O) groups is 2. The third-order valence-electron chi connectivity index (χ3n) is 5.09. The van der Waals surface area contributed by atoms with Crippen molar-refractivity contribution in [2.45, 2.75) is 32.3 Å². The molecule has 2 aromatic rings. The van der Waals surface area contributed by atoms with Gasteiger partial charge in [0, 0.05) is 25.3 Å². The number of nitrogens with one attached hydrogen (secondary N) is 1. The van der Waals surface area contributed by atoms with Crippen LogP contribution in [0.3, 0.4) is 0 Å². The summed E-state index contributed by atoms with van der Waals surface area (Å²) in [4.78, 5) is 36.0. The number of carbonyl (C=O) groups excluding carboxylic acids is 2. The lowest BCUT2D eigenvalue weighted by Gasteiger charge is -2.14. The first kappa shape index (κ1) is 21.4. The zero-order valence-electron chi connectivity index (χ0n) is 17.0. The van der Waals surface area contributed by atoms with E-state index in [9.17, 15) is 19.7 Å². The van der Waals surface area contributed by atoms with Gasteiger partial charge in [0.05, 0.1) is 17.1 Å². The van der Waals surface area contributed by atoms with Crippen molar-refractivity contribution < 1.29 is 24.0 Å². The molecule has 30 heavy (non-hydrogen) atoms. The fourth-order valence-electron chi connectivity index (χ4n) is 3.49. The molecular formula is C22H24N2O6. The van der Waals surface area contributed by atoms with E-state index >= 15 is 0 Å². The first-order valence-corrected chi connectivity index (χ1v) is 9.79. The number of Topliss-reactive ketones (excluding diaryl/α,β-unsaturated/α-hetero) is 1. The Morgan fingerprint density at radius 2 is 1.87 bits per heavy atom. The van der Waals surface area contributed by atoms with E-state index in [4.69, 9.17) is 9.47 Å². The maximum Gasteiger partial charge on any atom is 0.339 e. The van der Waals surface area contributed by atoms with Crippen molar-refractivity contribution in [1.82, 2.24) is 0 Å². The Morgan fingerprint density at radius 3 is 2.60 bits per heavy atom. The first-order chi connectivity index (χ1) is 14.4. The van der Waals surface area contributed by atoms with E-state index < -0.39 is 17.0 Å². The monoisotopic (exact) mass is 412 g/mol. The van der Waals surface area contributed by atoms with Crippen molar-refractivity contribution in [2.24, 2.45) is 0 Å². The maximum absolute atomic E-state index is 12.7. The van der Waals surface area contributed by atoms with Crippen LogP contribution in [0.2, 0.25) is 0 Å². The van der Waals surface area contributed by atoms with Gasteiger partial charge in [-0.2, -0.15) is 0 Å². The highest BCUT2D eigenvalue weighted by Gasteiger charge is 2.24. The minimum absolute atomic E-state index is 0.00703. The third kappa shape index (κ3) is 4.83. The molecule has 0 aliphatic heterocycles. The predicted octanol–water partition coefficient (Wildman–Crippen LogP) is 3.57. The number of ether oxygens (including phenoxy) is 2. The average molecular weight is 412 g/mol. The van der Waals surface area contributed by atoms with Gasteiger partial charge in [-0.15, -0.1) is 0 Å². The normalized spacial score (nSPS) is 13.4. The molecule has 0 amide bonds. The van der Waals surface area contributed by atoms with Crippen LogP contribution in [0.25, 0.3) is 0 Å². The molecule has 0 heterocycles. The number of rotatable bonds is 9. The Balaban J connectivity index is 1.70. The Hall–Kier alpha value is -3.26. The van der Waals surface area contributed by atoms with Crippen molar-refractivity contribution in [3.8, 4) is 0 Å². The van der Waals surface area contributed by atoms with Crippen molar-refractivity contribution >= 4 is 23.1 Å². The van der Waals surface area contributed by atoms with Crippen LogP contribution in [0.15, 0.2) is 36.4 Å². The van der Waals surface area contributed by atoms with Crippen LogP contribution >= 0.6 is 0 Å². The van der Waals surface area contributed by atoms with Crippen molar-refractivity contribution in [3.05, 3.63) is 68.8 Å². The highest BCUT2D eigenvalue weighted by molar-refractivity contribution is 6.01. The summed E-state index contributed by atoms with van der Waals surface area (Å²) in [5, 5.41) is 14.3. The number of fused-ring (bicyclic) bond motifs is 1. The van der Waals surface area contributed by atoms with Crippen LogP contribution in [0.4, 0.5) is 11.4 Å². The molecule has 0 saturated heterocycles. The van der Waals surface area contributed by atoms with Gasteiger partial charge in [0.15, 0.2) is 6.10 Å². The Kier molecular flexibility index (Phi) is 6.79. The molecule has 1 N–H and O–H groups in total. The molecule has 1 aliphatic carbocycles. The number of nitro groups is 1. The number of hydrogen-bond donors (Lipinski definition) is 1. The standard InChI is InChI=1S/C22H24N2O6/c1-14(21(25)17-7-6-15-4-3-5-16(15)12-17)30-22(26)18-8-9-19(23-10-11-29-2)20(13-18)24(27)28/h6-9,12-14,23H,3-5,10-11H2,1-2H3/t14-/m0/s1. The van der Waals surface area contributed by atoms with Crippen molar-refractivity contribution in [3.63, 3.8) is 0 Å². The van der Waals surface area contributed by atoms with E-state index in [-0.39, 0.29) is 22.7 Å². The van der Waals surface area contributed by atoms with E-state index in [1.54, 1.807) is 6.07 Å². The number of methoxy groups -OCH3 is 1. The molecule has 8 heteroatoms. The van der Waals surface area contributed by atoms with Gasteiger partial charge < -0.3 is 14.8 Å². The van der Waals surface area contributed by atoms with Gasteiger partial charge in [0.2, 0.25) is 5.78 Å². The zero-order valence-corrected chi connectivity index (χ0v) is 17.0. The molecule has 3 rings (SSSR count). The summed E-state index contributed by atoms with van der Waals surface area (Å²) in [6.45, 7) is 2.26. The number of benzene rings is 2. The van der Waals surface area contributed by atoms with Crippen LogP contribution in [-0.2, 0) is 22.3 Å². The fourth-order valence-corrected chi connectivity index (χ4v) is 3.49. The van der Waals surface area contributed by atoms with Crippen LogP contribution in [0.5, 0.6) is 0 Å². The first-order valence-electron chi connectivity index (χ1n) is 9.79. The van der Waals surface area contributed by atoms with Crippen LogP contribution in [0, 0.1) is 10.1 Å². The quantitative estimate of drug-likeness (QED) is 0.220. The van der Waals surface area contributed by atoms with Gasteiger partial charge in [-0.3, -0.25) is 14.9 Å². The second-order valence-corrected chi connectivity index (χ2v) is 7.16. The minimum atomic E-state index is -1.00. The molecule has 0 fully saturated rings. The van der Waals surface area contributed by atoms with Crippen LogP contribution in [0.1, 0.15) is 45.2 Å². The SMILES string of the molecule is COCCNc1ccc(C(=O)O[C@@H](C)C(=O)c2ccc3c(c2)CCC3)cc1[N+](=O)[O-]. The lowest BCUT2D eigenvalue weighted by molar-refractivity contribution is -0.384. The number of ketones is 1. The van der Waals surface area contributed by atoms with Gasteiger partial charge in [0.1, 0.15) is 5.69 Å². The van der Waals surface area contributed by atoms with E-state index in [2.05, 4.69) is 5.32 Å². The van der Waals surface area contributed by atoms with Crippen molar-refractivity contribution in [1.29, 1.82) is 0 Å². The molecule has 0 radical (unpaired) electrons. The second-order valence-electron chi connectivity index (χ2n) is 7.16. The molecule has 158 valence electrons. The number of aryl methyl sites for hydroxylation is 2. The predicted molar refractivity (Wildman–Crippen MR) is 111 cm³/mol. The Morgan fingerprint density at radius 1 is 1.13 bits per heavy atom. The molecule has 0 saturated carbocycles. The molecule has 0 unspecified atom stereocenters. The summed E-state index contributed by atoms with van der Waals surface area (Å²) in [5.41, 5.74) is 2.94. The van der Waals surface area contributed by atoms with Gasteiger partial charge >= 0.3 is 5.97 Å². The summed E-state index contributed by atoms with van der Waals surface area (Å²) < 4.78 is 10.2. The van der Waals surface area contributed by atoms with Gasteiger partial charge in [0.25, 0.3) is 5.69 Å². The topological polar surface area (TPSA) is 108 Å². The largest absolute Gasteiger partial charge is 0.451 e. The summed E-state index contributed by atoms with van der Waals surface area (Å²) in [6.07, 6.45) is 2.03. The Labute approximate surface area is 174 Å². The molecule has 0 aromatic heterocycles. The van der Waals surface area contributed by atoms with E-state index in [0.717, 1.165) is 30.9 Å². The average Bonchev–Trinajstić information content (AvgIpc) is 3.21. The summed E-state index contributed by atoms with van der Waals surface area (Å²) in [5.74, 6) is -1.09. The van der Waals surface area contributed by atoms with E-state index in [1.165, 1.54) is 31.7 Å². The second kappa shape index (κ2) is 9.49.